The Labute approximate surface area is 168 Å². The number of nitrogens with one attached hydrogen (secondary N) is 1. The second kappa shape index (κ2) is 7.94. The fourth-order valence-corrected chi connectivity index (χ4v) is 4.51. The summed E-state index contributed by atoms with van der Waals surface area (Å²) in [6.07, 6.45) is 1.96. The number of hydrogen-bond acceptors (Lipinski definition) is 7. The van der Waals surface area contributed by atoms with E-state index in [0.717, 1.165) is 39.9 Å². The first-order valence-corrected chi connectivity index (χ1v) is 11.1. The molecule has 26 heavy (non-hydrogen) atoms. The molecule has 3 aromatic rings. The molecule has 0 aliphatic carbocycles. The van der Waals surface area contributed by atoms with E-state index in [1.807, 2.05) is 23.6 Å². The molecule has 1 atom stereocenters. The highest BCUT2D eigenvalue weighted by molar-refractivity contribution is 9.10. The second-order valence-electron chi connectivity index (χ2n) is 5.84. The Hall–Kier alpha value is -1.64. The van der Waals surface area contributed by atoms with Crippen molar-refractivity contribution in [2.45, 2.75) is 31.1 Å². The molecule has 0 spiro atoms. The fourth-order valence-electron chi connectivity index (χ4n) is 2.61. The molecule has 2 aromatic heterocycles. The molecule has 0 bridgehead atoms. The van der Waals surface area contributed by atoms with E-state index < -0.39 is 0 Å². The SMILES string of the molecule is CCCCSc1nnc2c(n1)O[C@H](c1ccsc1)Nc1ccc(Br)cc1-2. The number of anilines is 1. The van der Waals surface area contributed by atoms with Crippen molar-refractivity contribution < 1.29 is 4.74 Å². The highest BCUT2D eigenvalue weighted by Crippen LogP contribution is 2.41. The first-order valence-electron chi connectivity index (χ1n) is 8.37. The lowest BCUT2D eigenvalue weighted by Crippen LogP contribution is -2.16. The van der Waals surface area contributed by atoms with Gasteiger partial charge in [-0.25, -0.2) is 0 Å². The molecule has 0 saturated carbocycles. The van der Waals surface area contributed by atoms with Crippen molar-refractivity contribution in [3.05, 3.63) is 45.1 Å². The van der Waals surface area contributed by atoms with Crippen LogP contribution in [0.5, 0.6) is 5.88 Å². The number of benzene rings is 1. The van der Waals surface area contributed by atoms with Crippen molar-refractivity contribution in [3.63, 3.8) is 0 Å². The van der Waals surface area contributed by atoms with Gasteiger partial charge in [-0.1, -0.05) is 41.0 Å². The molecule has 3 heterocycles. The Morgan fingerprint density at radius 1 is 1.31 bits per heavy atom. The Kier molecular flexibility index (Phi) is 5.42. The van der Waals surface area contributed by atoms with Crippen LogP contribution in [-0.2, 0) is 0 Å². The molecule has 1 aliphatic heterocycles. The number of nitrogens with zero attached hydrogens (tertiary/aromatic N) is 3. The van der Waals surface area contributed by atoms with E-state index in [1.54, 1.807) is 23.1 Å². The standard InChI is InChI=1S/C18H17BrN4OS2/c1-2-3-7-26-18-21-17-15(22-23-18)13-9-12(19)4-5-14(13)20-16(24-17)11-6-8-25-10-11/h4-6,8-10,16,20H,2-3,7H2,1H3/t16-/m1/s1. The molecular weight excluding hydrogens is 432 g/mol. The van der Waals surface area contributed by atoms with Crippen LogP contribution in [0.4, 0.5) is 5.69 Å². The zero-order valence-corrected chi connectivity index (χ0v) is 17.3. The number of thiophene rings is 1. The summed E-state index contributed by atoms with van der Waals surface area (Å²) in [5.74, 6) is 1.49. The normalized spacial score (nSPS) is 15.4. The third-order valence-electron chi connectivity index (χ3n) is 3.96. The molecule has 5 nitrogen and oxygen atoms in total. The van der Waals surface area contributed by atoms with E-state index in [-0.39, 0.29) is 6.23 Å². The van der Waals surface area contributed by atoms with Crippen molar-refractivity contribution in [2.24, 2.45) is 0 Å². The minimum absolute atomic E-state index is 0.312. The molecule has 0 radical (unpaired) electrons. The van der Waals surface area contributed by atoms with Crippen molar-refractivity contribution in [2.75, 3.05) is 11.1 Å². The predicted molar refractivity (Wildman–Crippen MR) is 110 cm³/mol. The summed E-state index contributed by atoms with van der Waals surface area (Å²) in [6.45, 7) is 2.17. The number of rotatable bonds is 5. The summed E-state index contributed by atoms with van der Waals surface area (Å²) < 4.78 is 7.20. The van der Waals surface area contributed by atoms with Gasteiger partial charge in [0, 0.05) is 27.0 Å². The van der Waals surface area contributed by atoms with E-state index in [0.29, 0.717) is 16.7 Å². The summed E-state index contributed by atoms with van der Waals surface area (Å²) in [7, 11) is 0. The molecule has 0 fully saturated rings. The Morgan fingerprint density at radius 3 is 3.04 bits per heavy atom. The smallest absolute Gasteiger partial charge is 0.247 e. The molecule has 1 aliphatic rings. The van der Waals surface area contributed by atoms with E-state index in [1.165, 1.54) is 0 Å². The average molecular weight is 449 g/mol. The molecule has 0 saturated heterocycles. The number of hydrogen-bond donors (Lipinski definition) is 1. The maximum atomic E-state index is 6.22. The van der Waals surface area contributed by atoms with Crippen LogP contribution in [0.25, 0.3) is 11.3 Å². The first-order chi connectivity index (χ1) is 12.7. The van der Waals surface area contributed by atoms with Gasteiger partial charge in [-0.05, 0) is 41.4 Å². The van der Waals surface area contributed by atoms with Gasteiger partial charge in [-0.2, -0.15) is 16.3 Å². The number of halogens is 1. The van der Waals surface area contributed by atoms with Crippen molar-refractivity contribution >= 4 is 44.7 Å². The molecule has 1 aromatic carbocycles. The summed E-state index contributed by atoms with van der Waals surface area (Å²) in [5.41, 5.74) is 3.60. The number of ether oxygens (including phenoxy) is 1. The number of thioether (sulfide) groups is 1. The quantitative estimate of drug-likeness (QED) is 0.395. The van der Waals surface area contributed by atoms with Gasteiger partial charge in [0.1, 0.15) is 0 Å². The van der Waals surface area contributed by atoms with Crippen molar-refractivity contribution in [1.82, 2.24) is 15.2 Å². The topological polar surface area (TPSA) is 59.9 Å². The lowest BCUT2D eigenvalue weighted by Gasteiger charge is -2.17. The van der Waals surface area contributed by atoms with Crippen LogP contribution in [0.15, 0.2) is 44.7 Å². The Balaban J connectivity index is 1.76. The second-order valence-corrected chi connectivity index (χ2v) is 8.60. The van der Waals surface area contributed by atoms with Gasteiger partial charge in [0.05, 0.1) is 0 Å². The highest BCUT2D eigenvalue weighted by atomic mass is 79.9. The van der Waals surface area contributed by atoms with Gasteiger partial charge in [0.2, 0.25) is 11.0 Å². The lowest BCUT2D eigenvalue weighted by molar-refractivity contribution is 0.225. The van der Waals surface area contributed by atoms with Crippen molar-refractivity contribution in [3.8, 4) is 17.1 Å². The van der Waals surface area contributed by atoms with E-state index in [4.69, 9.17) is 4.74 Å². The van der Waals surface area contributed by atoms with Crippen LogP contribution in [0, 0.1) is 0 Å². The number of aromatic nitrogens is 3. The third-order valence-corrected chi connectivity index (χ3v) is 6.08. The van der Waals surface area contributed by atoms with Crippen LogP contribution in [0.3, 0.4) is 0 Å². The molecular formula is C18H17BrN4OS2. The van der Waals surface area contributed by atoms with E-state index in [9.17, 15) is 0 Å². The summed E-state index contributed by atoms with van der Waals surface area (Å²) in [5, 5.41) is 17.0. The summed E-state index contributed by atoms with van der Waals surface area (Å²) in [4.78, 5) is 4.65. The summed E-state index contributed by atoms with van der Waals surface area (Å²) in [6, 6.07) is 8.08. The predicted octanol–water partition coefficient (Wildman–Crippen LogP) is 5.76. The largest absolute Gasteiger partial charge is 0.448 e. The molecule has 0 amide bonds. The first kappa shape index (κ1) is 17.8. The monoisotopic (exact) mass is 448 g/mol. The van der Waals surface area contributed by atoms with E-state index >= 15 is 0 Å². The molecule has 1 N–H and O–H groups in total. The van der Waals surface area contributed by atoms with Crippen LogP contribution in [0.2, 0.25) is 0 Å². The van der Waals surface area contributed by atoms with Gasteiger partial charge in [-0.15, -0.1) is 10.2 Å². The summed E-state index contributed by atoms with van der Waals surface area (Å²) >= 11 is 6.80. The van der Waals surface area contributed by atoms with Gasteiger partial charge < -0.3 is 10.1 Å². The zero-order chi connectivity index (χ0) is 17.9. The van der Waals surface area contributed by atoms with Crippen LogP contribution < -0.4 is 10.1 Å². The fraction of sp³-hybridized carbons (Fsp3) is 0.278. The van der Waals surface area contributed by atoms with Crippen LogP contribution >= 0.6 is 39.0 Å². The molecule has 134 valence electrons. The highest BCUT2D eigenvalue weighted by Gasteiger charge is 2.26. The maximum absolute atomic E-state index is 6.22. The minimum Gasteiger partial charge on any atom is -0.448 e. The molecule has 0 unspecified atom stereocenters. The Morgan fingerprint density at radius 2 is 2.23 bits per heavy atom. The minimum atomic E-state index is -0.312. The Bertz CT molecular complexity index is 904. The van der Waals surface area contributed by atoms with Gasteiger partial charge >= 0.3 is 0 Å². The molecule has 4 rings (SSSR count). The number of unbranched alkanes of at least 4 members (excludes halogenated alkanes) is 1. The number of fused-ring (bicyclic) bond motifs is 3. The van der Waals surface area contributed by atoms with Crippen molar-refractivity contribution in [1.29, 1.82) is 0 Å². The van der Waals surface area contributed by atoms with Crippen LogP contribution in [0.1, 0.15) is 31.6 Å². The van der Waals surface area contributed by atoms with Gasteiger partial charge in [-0.3, -0.25) is 0 Å². The van der Waals surface area contributed by atoms with Gasteiger partial charge in [0.15, 0.2) is 11.9 Å². The third kappa shape index (κ3) is 3.72. The molecule has 8 heteroatoms. The lowest BCUT2D eigenvalue weighted by atomic mass is 10.1. The maximum Gasteiger partial charge on any atom is 0.247 e. The van der Waals surface area contributed by atoms with Crippen LogP contribution in [-0.4, -0.2) is 20.9 Å². The van der Waals surface area contributed by atoms with E-state index in [2.05, 4.69) is 54.8 Å². The average Bonchev–Trinajstić information content (AvgIpc) is 3.13. The zero-order valence-electron chi connectivity index (χ0n) is 14.1. The van der Waals surface area contributed by atoms with Gasteiger partial charge in [0.25, 0.3) is 0 Å².